The lowest BCUT2D eigenvalue weighted by molar-refractivity contribution is -0.0696. The summed E-state index contributed by atoms with van der Waals surface area (Å²) >= 11 is 0. The van der Waals surface area contributed by atoms with E-state index >= 15 is 0 Å². The van der Waals surface area contributed by atoms with Gasteiger partial charge in [-0.3, -0.25) is 0 Å². The van der Waals surface area contributed by atoms with Crippen molar-refractivity contribution >= 4 is 11.9 Å². The minimum absolute atomic E-state index is 0.0701. The van der Waals surface area contributed by atoms with Crippen LogP contribution in [-0.2, 0) is 15.9 Å². The molecule has 0 bridgehead atoms. The van der Waals surface area contributed by atoms with Crippen LogP contribution < -0.4 is 0 Å². The van der Waals surface area contributed by atoms with E-state index in [1.165, 1.54) is 6.42 Å². The van der Waals surface area contributed by atoms with E-state index in [-0.39, 0.29) is 11.8 Å². The number of unbranched alkanes of at least 4 members (excludes halogenated alkanes) is 1. The fourth-order valence-corrected chi connectivity index (χ4v) is 6.74. The van der Waals surface area contributed by atoms with Crippen molar-refractivity contribution < 1.29 is 19.1 Å². The van der Waals surface area contributed by atoms with Crippen LogP contribution in [0.2, 0.25) is 0 Å². The maximum absolute atomic E-state index is 13.7. The molecule has 0 radical (unpaired) electrons. The smallest absolute Gasteiger partial charge is 0.338 e. The van der Waals surface area contributed by atoms with Gasteiger partial charge in [-0.2, -0.15) is 0 Å². The predicted octanol–water partition coefficient (Wildman–Crippen LogP) is 9.59. The first-order chi connectivity index (χ1) is 21.4. The molecule has 0 saturated carbocycles. The van der Waals surface area contributed by atoms with Gasteiger partial charge in [0.1, 0.15) is 12.2 Å². The van der Waals surface area contributed by atoms with Crippen molar-refractivity contribution in [2.24, 2.45) is 23.7 Å². The summed E-state index contributed by atoms with van der Waals surface area (Å²) in [4.78, 5) is 27.3. The zero-order valence-electron chi connectivity index (χ0n) is 26.7. The van der Waals surface area contributed by atoms with Crippen LogP contribution in [0.3, 0.4) is 0 Å². The number of ether oxygens (including phenoxy) is 2. The first-order valence-corrected chi connectivity index (χ1v) is 16.3. The summed E-state index contributed by atoms with van der Waals surface area (Å²) in [7, 11) is 0. The maximum Gasteiger partial charge on any atom is 0.338 e. The van der Waals surface area contributed by atoms with Gasteiger partial charge in [0.25, 0.3) is 0 Å². The van der Waals surface area contributed by atoms with Gasteiger partial charge in [-0.25, -0.2) is 9.59 Å². The van der Waals surface area contributed by atoms with E-state index in [4.69, 9.17) is 9.47 Å². The van der Waals surface area contributed by atoms with E-state index in [2.05, 4.69) is 64.1 Å². The summed E-state index contributed by atoms with van der Waals surface area (Å²) in [6.07, 6.45) is 13.5. The molecule has 0 heterocycles. The molecule has 1 aliphatic rings. The van der Waals surface area contributed by atoms with Crippen molar-refractivity contribution in [1.29, 1.82) is 0 Å². The Morgan fingerprint density at radius 2 is 1.43 bits per heavy atom. The van der Waals surface area contributed by atoms with Crippen molar-refractivity contribution in [2.75, 3.05) is 0 Å². The Kier molecular flexibility index (Phi) is 12.6. The van der Waals surface area contributed by atoms with Gasteiger partial charge in [-0.05, 0) is 78.8 Å². The van der Waals surface area contributed by atoms with E-state index in [1.54, 1.807) is 24.3 Å². The molecule has 0 N–H and O–H groups in total. The highest BCUT2D eigenvalue weighted by atomic mass is 16.6. The highest BCUT2D eigenvalue weighted by molar-refractivity contribution is 5.90. The van der Waals surface area contributed by atoms with E-state index in [9.17, 15) is 9.59 Å². The molecule has 0 aromatic heterocycles. The lowest BCUT2D eigenvalue weighted by Crippen LogP contribution is -2.45. The number of aryl methyl sites for hydroxylation is 1. The first-order valence-electron chi connectivity index (χ1n) is 16.3. The lowest BCUT2D eigenvalue weighted by Gasteiger charge is -2.40. The van der Waals surface area contributed by atoms with Crippen molar-refractivity contribution in [3.8, 4) is 0 Å². The molecule has 4 rings (SSSR count). The largest absolute Gasteiger partial charge is 0.455 e. The number of rotatable bonds is 14. The quantitative estimate of drug-likeness (QED) is 0.175. The standard InChI is InChI=1S/C40H48O4/c1-5-7-20-31-21-11-10-16-27-36(31)35(6-2)30(4)38(44-40(42)33-24-14-9-15-25-33)37(28-34-26-18-17-19-29(34)3)43-39(41)32-22-12-8-13-23-32/h8-19,21-26,30-31,35-38H,5-7,20,27-28H2,1-4H3/t30?,31?,35?,36?,37-,38+/m0/s1. The maximum atomic E-state index is 13.7. The average Bonchev–Trinajstić information content (AvgIpc) is 3.29. The van der Waals surface area contributed by atoms with Gasteiger partial charge >= 0.3 is 11.9 Å². The fraction of sp³-hybridized carbons (Fsp3) is 0.400. The Labute approximate surface area is 264 Å². The number of hydrogen-bond acceptors (Lipinski definition) is 4. The number of hydrogen-bond donors (Lipinski definition) is 0. The molecule has 0 aliphatic heterocycles. The SMILES string of the molecule is CCCCC1C=CC=CCC1C(CC)C(C)[C@@H](OC(=O)c1ccccc1)[C@H](Cc1ccccc1C)OC(=O)c1ccccc1. The Morgan fingerprint density at radius 3 is 2.05 bits per heavy atom. The van der Waals surface area contributed by atoms with Crippen molar-refractivity contribution in [2.45, 2.75) is 78.4 Å². The zero-order valence-corrected chi connectivity index (χ0v) is 26.7. The van der Waals surface area contributed by atoms with Crippen LogP contribution in [0.4, 0.5) is 0 Å². The first kappa shape index (κ1) is 33.0. The molecule has 232 valence electrons. The molecule has 1 aliphatic carbocycles. The summed E-state index contributed by atoms with van der Waals surface area (Å²) < 4.78 is 12.8. The molecule has 0 amide bonds. The summed E-state index contributed by atoms with van der Waals surface area (Å²) in [5.74, 6) is 0.187. The van der Waals surface area contributed by atoms with Crippen LogP contribution in [-0.4, -0.2) is 24.1 Å². The molecule has 4 unspecified atom stereocenters. The number of allylic oxidation sites excluding steroid dienone is 4. The van der Waals surface area contributed by atoms with Gasteiger partial charge in [0.2, 0.25) is 0 Å². The van der Waals surface area contributed by atoms with Gasteiger partial charge in [-0.1, -0.05) is 125 Å². The predicted molar refractivity (Wildman–Crippen MR) is 179 cm³/mol. The molecule has 3 aromatic carbocycles. The van der Waals surface area contributed by atoms with Crippen LogP contribution in [0, 0.1) is 30.6 Å². The van der Waals surface area contributed by atoms with Gasteiger partial charge in [0.05, 0.1) is 11.1 Å². The highest BCUT2D eigenvalue weighted by Gasteiger charge is 2.41. The van der Waals surface area contributed by atoms with E-state index in [0.717, 1.165) is 36.8 Å². The van der Waals surface area contributed by atoms with E-state index in [1.807, 2.05) is 48.5 Å². The second kappa shape index (κ2) is 16.8. The number of carbonyl (C=O) groups is 2. The Balaban J connectivity index is 1.75. The Bertz CT molecular complexity index is 1380. The van der Waals surface area contributed by atoms with Crippen molar-refractivity contribution in [3.05, 3.63) is 131 Å². The fourth-order valence-electron chi connectivity index (χ4n) is 6.74. The third-order valence-corrected chi connectivity index (χ3v) is 9.24. The molecular weight excluding hydrogens is 544 g/mol. The van der Waals surface area contributed by atoms with Crippen LogP contribution in [0.1, 0.15) is 84.7 Å². The Hall–Kier alpha value is -3.92. The van der Waals surface area contributed by atoms with Gasteiger partial charge in [-0.15, -0.1) is 0 Å². The zero-order chi connectivity index (χ0) is 31.3. The van der Waals surface area contributed by atoms with Crippen LogP contribution in [0.25, 0.3) is 0 Å². The van der Waals surface area contributed by atoms with Gasteiger partial charge in [0, 0.05) is 6.42 Å². The molecule has 4 heteroatoms. The average molecular weight is 593 g/mol. The third kappa shape index (κ3) is 8.81. The normalized spacial score (nSPS) is 18.9. The molecule has 44 heavy (non-hydrogen) atoms. The van der Waals surface area contributed by atoms with E-state index in [0.29, 0.717) is 29.4 Å². The lowest BCUT2D eigenvalue weighted by atomic mass is 9.69. The summed E-state index contributed by atoms with van der Waals surface area (Å²) in [6, 6.07) is 26.3. The molecule has 0 saturated heterocycles. The van der Waals surface area contributed by atoms with Crippen LogP contribution in [0.5, 0.6) is 0 Å². The minimum Gasteiger partial charge on any atom is -0.455 e. The second-order valence-corrected chi connectivity index (χ2v) is 12.1. The Morgan fingerprint density at radius 1 is 0.818 bits per heavy atom. The second-order valence-electron chi connectivity index (χ2n) is 12.1. The highest BCUT2D eigenvalue weighted by Crippen LogP contribution is 2.40. The van der Waals surface area contributed by atoms with E-state index < -0.39 is 24.1 Å². The molecule has 3 aromatic rings. The summed E-state index contributed by atoms with van der Waals surface area (Å²) in [5, 5.41) is 0. The minimum atomic E-state index is -0.675. The third-order valence-electron chi connectivity index (χ3n) is 9.24. The van der Waals surface area contributed by atoms with Crippen LogP contribution >= 0.6 is 0 Å². The van der Waals surface area contributed by atoms with Crippen molar-refractivity contribution in [1.82, 2.24) is 0 Å². The van der Waals surface area contributed by atoms with Gasteiger partial charge < -0.3 is 9.47 Å². The summed E-state index contributed by atoms with van der Waals surface area (Å²) in [6.45, 7) is 8.73. The molecule has 0 spiro atoms. The van der Waals surface area contributed by atoms with Crippen LogP contribution in [0.15, 0.2) is 109 Å². The topological polar surface area (TPSA) is 52.6 Å². The summed E-state index contributed by atoms with van der Waals surface area (Å²) in [5.41, 5.74) is 3.15. The molecule has 4 nitrogen and oxygen atoms in total. The molecule has 6 atom stereocenters. The van der Waals surface area contributed by atoms with Gasteiger partial charge in [0.15, 0.2) is 0 Å². The van der Waals surface area contributed by atoms with Crippen molar-refractivity contribution in [3.63, 3.8) is 0 Å². The number of carbonyl (C=O) groups excluding carboxylic acids is 2. The number of esters is 2. The molecular formula is C40H48O4. The number of benzene rings is 3. The monoisotopic (exact) mass is 592 g/mol. The molecule has 0 fully saturated rings.